The second kappa shape index (κ2) is 6.47. The van der Waals surface area contributed by atoms with Gasteiger partial charge in [0.15, 0.2) is 0 Å². The van der Waals surface area contributed by atoms with Crippen LogP contribution in [0.15, 0.2) is 4.99 Å². The molecule has 2 aliphatic rings. The van der Waals surface area contributed by atoms with Crippen molar-refractivity contribution in [3.05, 3.63) is 0 Å². The van der Waals surface area contributed by atoms with Gasteiger partial charge in [-0.25, -0.2) is 0 Å². The van der Waals surface area contributed by atoms with Gasteiger partial charge in [-0.05, 0) is 12.3 Å². The van der Waals surface area contributed by atoms with Gasteiger partial charge < -0.3 is 5.32 Å². The maximum atomic E-state index is 11.6. The van der Waals surface area contributed by atoms with Crippen LogP contribution in [0, 0.1) is 5.92 Å². The number of guanidine groups is 1. The van der Waals surface area contributed by atoms with E-state index in [2.05, 4.69) is 21.2 Å². The van der Waals surface area contributed by atoms with E-state index in [0.717, 1.165) is 25.4 Å². The average molecular weight is 238 g/mol. The highest BCUT2D eigenvalue weighted by Crippen LogP contribution is 2.26. The molecule has 0 unspecified atom stereocenters. The third-order valence-electron chi connectivity index (χ3n) is 3.50. The van der Waals surface area contributed by atoms with Crippen LogP contribution in [0.1, 0.15) is 44.9 Å². The molecule has 0 aromatic rings. The Labute approximate surface area is 102 Å². The minimum atomic E-state index is 0.0620. The van der Waals surface area contributed by atoms with E-state index in [0.29, 0.717) is 12.4 Å². The predicted octanol–water partition coefficient (Wildman–Crippen LogP) is 0.927. The highest BCUT2D eigenvalue weighted by atomic mass is 16.2. The van der Waals surface area contributed by atoms with Crippen molar-refractivity contribution in [3.8, 4) is 0 Å². The van der Waals surface area contributed by atoms with Crippen LogP contribution in [0.5, 0.6) is 0 Å². The molecule has 0 bridgehead atoms. The highest BCUT2D eigenvalue weighted by Gasteiger charge is 2.15. The number of carbonyl (C=O) groups is 1. The molecular formula is C12H22N4O. The molecule has 5 heteroatoms. The third kappa shape index (κ3) is 4.24. The Kier molecular flexibility index (Phi) is 4.64. The van der Waals surface area contributed by atoms with E-state index in [1.807, 2.05) is 0 Å². The van der Waals surface area contributed by atoms with Gasteiger partial charge in [0, 0.05) is 13.0 Å². The van der Waals surface area contributed by atoms with E-state index in [1.54, 1.807) is 0 Å². The van der Waals surface area contributed by atoms with Crippen molar-refractivity contribution in [2.24, 2.45) is 10.9 Å². The highest BCUT2D eigenvalue weighted by molar-refractivity contribution is 5.84. The summed E-state index contributed by atoms with van der Waals surface area (Å²) in [6.07, 6.45) is 8.29. The molecule has 17 heavy (non-hydrogen) atoms. The molecule has 1 fully saturated rings. The average Bonchev–Trinajstić information content (AvgIpc) is 2.88. The molecule has 1 aliphatic heterocycles. The van der Waals surface area contributed by atoms with Gasteiger partial charge in [0.25, 0.3) is 0 Å². The summed E-state index contributed by atoms with van der Waals surface area (Å²) in [6, 6.07) is 0. The minimum absolute atomic E-state index is 0.0620. The van der Waals surface area contributed by atoms with E-state index >= 15 is 0 Å². The monoisotopic (exact) mass is 238 g/mol. The Hall–Kier alpha value is -1.26. The van der Waals surface area contributed by atoms with Crippen molar-refractivity contribution in [1.82, 2.24) is 16.2 Å². The summed E-state index contributed by atoms with van der Waals surface area (Å²) in [4.78, 5) is 15.7. The fourth-order valence-electron chi connectivity index (χ4n) is 2.48. The fraction of sp³-hybridized carbons (Fsp3) is 0.833. The van der Waals surface area contributed by atoms with Gasteiger partial charge in [-0.1, -0.05) is 32.1 Å². The first-order valence-corrected chi connectivity index (χ1v) is 6.68. The lowest BCUT2D eigenvalue weighted by Crippen LogP contribution is -2.46. The van der Waals surface area contributed by atoms with Crippen LogP contribution in [0.2, 0.25) is 0 Å². The predicted molar refractivity (Wildman–Crippen MR) is 67.4 cm³/mol. The number of carbonyl (C=O) groups excluding carboxylic acids is 1. The molecule has 0 atom stereocenters. The molecule has 96 valence electrons. The number of hydrogen-bond acceptors (Lipinski definition) is 4. The van der Waals surface area contributed by atoms with E-state index in [4.69, 9.17) is 0 Å². The summed E-state index contributed by atoms with van der Waals surface area (Å²) < 4.78 is 0. The summed E-state index contributed by atoms with van der Waals surface area (Å²) in [7, 11) is 0. The number of amides is 1. The smallest absolute Gasteiger partial charge is 0.238 e. The summed E-state index contributed by atoms with van der Waals surface area (Å²) in [5.74, 6) is 1.50. The maximum absolute atomic E-state index is 11.6. The Bertz CT molecular complexity index is 284. The van der Waals surface area contributed by atoms with Crippen LogP contribution in [-0.2, 0) is 4.79 Å². The lowest BCUT2D eigenvalue weighted by molar-refractivity contribution is -0.122. The van der Waals surface area contributed by atoms with Gasteiger partial charge in [0.1, 0.15) is 0 Å². The van der Waals surface area contributed by atoms with Crippen LogP contribution >= 0.6 is 0 Å². The molecule has 1 amide bonds. The molecule has 1 saturated carbocycles. The molecule has 0 aromatic carbocycles. The molecule has 1 aliphatic carbocycles. The van der Waals surface area contributed by atoms with Crippen LogP contribution in [0.3, 0.4) is 0 Å². The van der Waals surface area contributed by atoms with Gasteiger partial charge in [0.2, 0.25) is 11.9 Å². The zero-order valence-corrected chi connectivity index (χ0v) is 10.3. The van der Waals surface area contributed by atoms with E-state index < -0.39 is 0 Å². The first-order chi connectivity index (χ1) is 8.34. The standard InChI is InChI=1S/C12H22N4O/c17-11(15-16-12-13-8-9-14-12)7-6-10-4-2-1-3-5-10/h10H,1-9H2,(H,15,17)(H2,13,14,16). The molecule has 1 heterocycles. The number of aliphatic imine (C=N–C) groups is 1. The normalized spacial score (nSPS) is 20.6. The third-order valence-corrected chi connectivity index (χ3v) is 3.50. The van der Waals surface area contributed by atoms with Crippen LogP contribution in [-0.4, -0.2) is 25.0 Å². The Morgan fingerprint density at radius 1 is 1.35 bits per heavy atom. The number of rotatable bonds is 3. The van der Waals surface area contributed by atoms with Crippen molar-refractivity contribution < 1.29 is 4.79 Å². The molecular weight excluding hydrogens is 216 g/mol. The van der Waals surface area contributed by atoms with E-state index in [1.165, 1.54) is 32.1 Å². The second-order valence-electron chi connectivity index (χ2n) is 4.87. The van der Waals surface area contributed by atoms with Crippen LogP contribution < -0.4 is 16.2 Å². The molecule has 0 saturated heterocycles. The Morgan fingerprint density at radius 3 is 2.88 bits per heavy atom. The molecule has 3 N–H and O–H groups in total. The quantitative estimate of drug-likeness (QED) is 0.641. The lowest BCUT2D eigenvalue weighted by Gasteiger charge is -2.21. The van der Waals surface area contributed by atoms with Gasteiger partial charge in [-0.2, -0.15) is 0 Å². The topological polar surface area (TPSA) is 65.5 Å². The first kappa shape index (κ1) is 12.2. The summed E-state index contributed by atoms with van der Waals surface area (Å²) in [5, 5.41) is 3.04. The molecule has 0 aromatic heterocycles. The van der Waals surface area contributed by atoms with E-state index in [9.17, 15) is 4.79 Å². The van der Waals surface area contributed by atoms with Gasteiger partial charge in [-0.3, -0.25) is 20.6 Å². The van der Waals surface area contributed by atoms with Crippen molar-refractivity contribution in [3.63, 3.8) is 0 Å². The largest absolute Gasteiger partial charge is 0.353 e. The Balaban J connectivity index is 1.56. The van der Waals surface area contributed by atoms with E-state index in [-0.39, 0.29) is 5.91 Å². The van der Waals surface area contributed by atoms with Crippen molar-refractivity contribution in [2.45, 2.75) is 44.9 Å². The number of hydrazine groups is 1. The van der Waals surface area contributed by atoms with Crippen molar-refractivity contribution in [2.75, 3.05) is 13.1 Å². The summed E-state index contributed by atoms with van der Waals surface area (Å²) in [5.41, 5.74) is 5.49. The number of nitrogens with zero attached hydrogens (tertiary/aromatic N) is 1. The minimum Gasteiger partial charge on any atom is -0.353 e. The maximum Gasteiger partial charge on any atom is 0.238 e. The van der Waals surface area contributed by atoms with Crippen LogP contribution in [0.4, 0.5) is 0 Å². The zero-order valence-electron chi connectivity index (χ0n) is 10.3. The van der Waals surface area contributed by atoms with Crippen molar-refractivity contribution in [1.29, 1.82) is 0 Å². The first-order valence-electron chi connectivity index (χ1n) is 6.68. The van der Waals surface area contributed by atoms with Gasteiger partial charge in [0.05, 0.1) is 6.54 Å². The summed E-state index contributed by atoms with van der Waals surface area (Å²) in [6.45, 7) is 1.63. The number of hydrogen-bond donors (Lipinski definition) is 3. The Morgan fingerprint density at radius 2 is 2.18 bits per heavy atom. The molecule has 2 rings (SSSR count). The number of nitrogens with one attached hydrogen (secondary N) is 3. The SMILES string of the molecule is O=C(CCC1CCCCC1)NNC1=NCCN1. The van der Waals surface area contributed by atoms with Crippen molar-refractivity contribution >= 4 is 11.9 Å². The van der Waals surface area contributed by atoms with Crippen LogP contribution in [0.25, 0.3) is 0 Å². The summed E-state index contributed by atoms with van der Waals surface area (Å²) >= 11 is 0. The van der Waals surface area contributed by atoms with Gasteiger partial charge in [-0.15, -0.1) is 0 Å². The zero-order chi connectivity index (χ0) is 11.9. The molecule has 0 radical (unpaired) electrons. The molecule has 0 spiro atoms. The van der Waals surface area contributed by atoms with Gasteiger partial charge >= 0.3 is 0 Å². The molecule has 5 nitrogen and oxygen atoms in total. The fourth-order valence-corrected chi connectivity index (χ4v) is 2.48. The second-order valence-corrected chi connectivity index (χ2v) is 4.87. The lowest BCUT2D eigenvalue weighted by atomic mass is 9.86.